The Kier molecular flexibility index (Phi) is 4.04. The molecule has 4 aromatic rings. The number of imidazole rings is 1. The zero-order chi connectivity index (χ0) is 20.0. The van der Waals surface area contributed by atoms with Gasteiger partial charge < -0.3 is 14.2 Å². The van der Waals surface area contributed by atoms with Crippen molar-refractivity contribution >= 4 is 28.2 Å². The van der Waals surface area contributed by atoms with Crippen LogP contribution < -0.4 is 9.80 Å². The first-order valence-corrected chi connectivity index (χ1v) is 9.25. The van der Waals surface area contributed by atoms with Crippen molar-refractivity contribution < 1.29 is 13.2 Å². The summed E-state index contributed by atoms with van der Waals surface area (Å²) >= 11 is 0. The van der Waals surface area contributed by atoms with Crippen molar-refractivity contribution in [2.75, 3.05) is 36.0 Å². The molecular formula is C20H17F3N6. The summed E-state index contributed by atoms with van der Waals surface area (Å²) in [5.41, 5.74) is 1.99. The Hall–Kier alpha value is -3.36. The van der Waals surface area contributed by atoms with Crippen LogP contribution in [0.25, 0.3) is 16.7 Å². The summed E-state index contributed by atoms with van der Waals surface area (Å²) in [4.78, 5) is 17.1. The number of nitrogens with zero attached hydrogens (tertiary/aromatic N) is 6. The summed E-state index contributed by atoms with van der Waals surface area (Å²) in [7, 11) is 0. The second-order valence-electron chi connectivity index (χ2n) is 6.97. The van der Waals surface area contributed by atoms with E-state index in [-0.39, 0.29) is 5.65 Å². The monoisotopic (exact) mass is 398 g/mol. The molecule has 0 amide bonds. The maximum absolute atomic E-state index is 12.9. The van der Waals surface area contributed by atoms with Gasteiger partial charge in [0.25, 0.3) is 0 Å². The SMILES string of the molecule is FC(F)(F)c1cn2cc(N3CCN(c4cnc5ccccc5n4)CC3)ccc2n1. The number of hydrogen-bond donors (Lipinski definition) is 0. The molecule has 1 aromatic carbocycles. The number of rotatable bonds is 2. The maximum Gasteiger partial charge on any atom is 0.434 e. The average Bonchev–Trinajstić information content (AvgIpc) is 3.18. The molecule has 0 atom stereocenters. The van der Waals surface area contributed by atoms with E-state index in [1.54, 1.807) is 18.5 Å². The van der Waals surface area contributed by atoms with E-state index in [1.807, 2.05) is 30.3 Å². The zero-order valence-corrected chi connectivity index (χ0v) is 15.3. The fourth-order valence-electron chi connectivity index (χ4n) is 3.60. The summed E-state index contributed by atoms with van der Waals surface area (Å²) in [6, 6.07) is 11.2. The summed E-state index contributed by atoms with van der Waals surface area (Å²) in [5.74, 6) is 0.836. The van der Waals surface area contributed by atoms with Gasteiger partial charge in [-0.3, -0.25) is 4.98 Å². The molecule has 1 saturated heterocycles. The molecule has 148 valence electrons. The van der Waals surface area contributed by atoms with Gasteiger partial charge in [0.05, 0.1) is 22.9 Å². The molecule has 0 aliphatic carbocycles. The fraction of sp³-hybridized carbons (Fsp3) is 0.250. The van der Waals surface area contributed by atoms with Crippen molar-refractivity contribution in [2.24, 2.45) is 0 Å². The maximum atomic E-state index is 12.9. The highest BCUT2D eigenvalue weighted by Gasteiger charge is 2.34. The smallest absolute Gasteiger partial charge is 0.367 e. The first-order chi connectivity index (χ1) is 14.0. The summed E-state index contributed by atoms with van der Waals surface area (Å²) in [5, 5.41) is 0. The Morgan fingerprint density at radius 3 is 2.28 bits per heavy atom. The van der Waals surface area contributed by atoms with E-state index >= 15 is 0 Å². The third-order valence-corrected chi connectivity index (χ3v) is 5.13. The first kappa shape index (κ1) is 17.7. The van der Waals surface area contributed by atoms with Crippen LogP contribution >= 0.6 is 0 Å². The summed E-state index contributed by atoms with van der Waals surface area (Å²) in [6.45, 7) is 2.98. The number of benzene rings is 1. The van der Waals surface area contributed by atoms with E-state index in [4.69, 9.17) is 0 Å². The van der Waals surface area contributed by atoms with Crippen molar-refractivity contribution in [2.45, 2.75) is 6.18 Å². The Labute approximate surface area is 164 Å². The Morgan fingerprint density at radius 2 is 1.52 bits per heavy atom. The minimum Gasteiger partial charge on any atom is -0.367 e. The molecule has 0 bridgehead atoms. The number of anilines is 2. The van der Waals surface area contributed by atoms with Crippen molar-refractivity contribution in [1.82, 2.24) is 19.4 Å². The van der Waals surface area contributed by atoms with Crippen LogP contribution in [0.4, 0.5) is 24.7 Å². The average molecular weight is 398 g/mol. The molecule has 29 heavy (non-hydrogen) atoms. The highest BCUT2D eigenvalue weighted by Crippen LogP contribution is 2.29. The van der Waals surface area contributed by atoms with Gasteiger partial charge >= 0.3 is 6.18 Å². The van der Waals surface area contributed by atoms with Crippen molar-refractivity contribution in [3.05, 3.63) is 60.7 Å². The summed E-state index contributed by atoms with van der Waals surface area (Å²) < 4.78 is 40.1. The molecule has 0 radical (unpaired) electrons. The molecule has 6 nitrogen and oxygen atoms in total. The number of halogens is 3. The van der Waals surface area contributed by atoms with Crippen LogP contribution in [0.1, 0.15) is 5.69 Å². The van der Waals surface area contributed by atoms with Crippen LogP contribution in [-0.2, 0) is 6.18 Å². The van der Waals surface area contributed by atoms with E-state index in [2.05, 4.69) is 24.8 Å². The van der Waals surface area contributed by atoms with Gasteiger partial charge in [0.2, 0.25) is 0 Å². The van der Waals surface area contributed by atoms with E-state index in [9.17, 15) is 13.2 Å². The molecule has 0 N–H and O–H groups in total. The van der Waals surface area contributed by atoms with Gasteiger partial charge in [0.15, 0.2) is 5.69 Å². The molecule has 0 unspecified atom stereocenters. The quantitative estimate of drug-likeness (QED) is 0.516. The molecule has 5 rings (SSSR count). The molecule has 4 heterocycles. The predicted molar refractivity (Wildman–Crippen MR) is 104 cm³/mol. The first-order valence-electron chi connectivity index (χ1n) is 9.25. The number of para-hydroxylation sites is 2. The van der Waals surface area contributed by atoms with E-state index in [1.165, 1.54) is 4.40 Å². The second-order valence-corrected chi connectivity index (χ2v) is 6.97. The number of aromatic nitrogens is 4. The lowest BCUT2D eigenvalue weighted by atomic mass is 10.2. The Balaban J connectivity index is 1.33. The second kappa shape index (κ2) is 6.61. The van der Waals surface area contributed by atoms with E-state index in [0.29, 0.717) is 0 Å². The van der Waals surface area contributed by atoms with Crippen molar-refractivity contribution in [3.63, 3.8) is 0 Å². The largest absolute Gasteiger partial charge is 0.434 e. The highest BCUT2D eigenvalue weighted by atomic mass is 19.4. The van der Waals surface area contributed by atoms with Crippen LogP contribution in [-0.4, -0.2) is 45.5 Å². The van der Waals surface area contributed by atoms with Gasteiger partial charge in [0.1, 0.15) is 11.5 Å². The highest BCUT2D eigenvalue weighted by molar-refractivity contribution is 5.75. The molecule has 3 aromatic heterocycles. The van der Waals surface area contributed by atoms with Gasteiger partial charge in [-0.2, -0.15) is 13.2 Å². The van der Waals surface area contributed by atoms with Crippen molar-refractivity contribution in [1.29, 1.82) is 0 Å². The minimum atomic E-state index is -4.45. The molecule has 0 spiro atoms. The number of piperazine rings is 1. The Morgan fingerprint density at radius 1 is 0.793 bits per heavy atom. The lowest BCUT2D eigenvalue weighted by Gasteiger charge is -2.36. The van der Waals surface area contributed by atoms with Gasteiger partial charge in [-0.15, -0.1) is 0 Å². The number of hydrogen-bond acceptors (Lipinski definition) is 5. The standard InChI is InChI=1S/C20H17F3N6/c21-20(22,23)17-13-29-12-14(5-6-18(29)26-17)27-7-9-28(10-8-27)19-11-24-15-3-1-2-4-16(15)25-19/h1-6,11-13H,7-10H2. The van der Waals surface area contributed by atoms with Crippen LogP contribution in [0.15, 0.2) is 55.0 Å². The van der Waals surface area contributed by atoms with Gasteiger partial charge in [-0.05, 0) is 24.3 Å². The van der Waals surface area contributed by atoms with Gasteiger partial charge in [-0.25, -0.2) is 9.97 Å². The molecule has 9 heteroatoms. The van der Waals surface area contributed by atoms with Gasteiger partial charge in [-0.1, -0.05) is 12.1 Å². The normalized spacial score (nSPS) is 15.4. The number of alkyl halides is 3. The van der Waals surface area contributed by atoms with Gasteiger partial charge in [0, 0.05) is 38.6 Å². The predicted octanol–water partition coefficient (Wildman–Crippen LogP) is 3.62. The minimum absolute atomic E-state index is 0.283. The lowest BCUT2D eigenvalue weighted by Crippen LogP contribution is -2.47. The molecular weight excluding hydrogens is 381 g/mol. The number of pyridine rings is 1. The van der Waals surface area contributed by atoms with E-state index < -0.39 is 11.9 Å². The fourth-order valence-corrected chi connectivity index (χ4v) is 3.60. The van der Waals surface area contributed by atoms with Crippen LogP contribution in [0.5, 0.6) is 0 Å². The third kappa shape index (κ3) is 3.32. The molecule has 1 aliphatic rings. The topological polar surface area (TPSA) is 49.6 Å². The van der Waals surface area contributed by atoms with E-state index in [0.717, 1.165) is 54.9 Å². The lowest BCUT2D eigenvalue weighted by molar-refractivity contribution is -0.140. The van der Waals surface area contributed by atoms with Crippen LogP contribution in [0.2, 0.25) is 0 Å². The summed E-state index contributed by atoms with van der Waals surface area (Å²) in [6.07, 6.45) is 0.0652. The number of fused-ring (bicyclic) bond motifs is 2. The Bertz CT molecular complexity index is 1180. The van der Waals surface area contributed by atoms with Crippen LogP contribution in [0.3, 0.4) is 0 Å². The molecule has 1 aliphatic heterocycles. The van der Waals surface area contributed by atoms with Crippen molar-refractivity contribution in [3.8, 4) is 0 Å². The third-order valence-electron chi connectivity index (χ3n) is 5.13. The molecule has 0 saturated carbocycles. The van der Waals surface area contributed by atoms with Crippen LogP contribution in [0, 0.1) is 0 Å². The zero-order valence-electron chi connectivity index (χ0n) is 15.3. The molecule has 1 fully saturated rings.